The van der Waals surface area contributed by atoms with Crippen LogP contribution >= 0.6 is 11.3 Å². The standard InChI is InChI=1S/C5H5N3O2S/c6-3(9)2-1-11-5(8-2)4(7)10/h1H,(H2,6,9)(H2,7,10). The second kappa shape index (κ2) is 2.67. The normalized spacial score (nSPS) is 9.45. The monoisotopic (exact) mass is 171 g/mol. The zero-order valence-corrected chi connectivity index (χ0v) is 6.22. The van der Waals surface area contributed by atoms with Gasteiger partial charge in [0.15, 0.2) is 5.01 Å². The first kappa shape index (κ1) is 7.67. The van der Waals surface area contributed by atoms with E-state index in [2.05, 4.69) is 4.98 Å². The van der Waals surface area contributed by atoms with Crippen molar-refractivity contribution in [3.63, 3.8) is 0 Å². The Morgan fingerprint density at radius 3 is 2.27 bits per heavy atom. The van der Waals surface area contributed by atoms with Crippen LogP contribution in [-0.2, 0) is 0 Å². The molecular formula is C5H5N3O2S. The van der Waals surface area contributed by atoms with Gasteiger partial charge in [-0.1, -0.05) is 0 Å². The lowest BCUT2D eigenvalue weighted by Gasteiger charge is -1.83. The molecule has 0 fully saturated rings. The lowest BCUT2D eigenvalue weighted by atomic mass is 10.5. The van der Waals surface area contributed by atoms with E-state index in [4.69, 9.17) is 11.5 Å². The maximum absolute atomic E-state index is 10.5. The third-order valence-corrected chi connectivity index (χ3v) is 1.82. The van der Waals surface area contributed by atoms with Crippen molar-refractivity contribution in [1.29, 1.82) is 0 Å². The van der Waals surface area contributed by atoms with E-state index in [1.54, 1.807) is 0 Å². The van der Waals surface area contributed by atoms with Crippen LogP contribution in [0.3, 0.4) is 0 Å². The number of primary amides is 2. The molecule has 2 amide bonds. The SMILES string of the molecule is NC(=O)c1csc(C(N)=O)n1. The van der Waals surface area contributed by atoms with E-state index in [0.717, 1.165) is 11.3 Å². The Balaban J connectivity index is 2.99. The van der Waals surface area contributed by atoms with Gasteiger partial charge in [-0.2, -0.15) is 0 Å². The summed E-state index contributed by atoms with van der Waals surface area (Å²) in [6.45, 7) is 0. The molecule has 1 heterocycles. The number of nitrogens with zero attached hydrogens (tertiary/aromatic N) is 1. The van der Waals surface area contributed by atoms with Gasteiger partial charge >= 0.3 is 0 Å². The molecule has 0 radical (unpaired) electrons. The van der Waals surface area contributed by atoms with E-state index in [0.29, 0.717) is 0 Å². The van der Waals surface area contributed by atoms with Crippen LogP contribution in [-0.4, -0.2) is 16.8 Å². The quantitative estimate of drug-likeness (QED) is 0.617. The maximum Gasteiger partial charge on any atom is 0.277 e. The van der Waals surface area contributed by atoms with Crippen LogP contribution in [0.25, 0.3) is 0 Å². The molecule has 1 rings (SSSR count). The van der Waals surface area contributed by atoms with E-state index in [-0.39, 0.29) is 10.7 Å². The Kier molecular flexibility index (Phi) is 1.86. The number of nitrogens with two attached hydrogens (primary N) is 2. The Hall–Kier alpha value is -1.43. The van der Waals surface area contributed by atoms with Crippen molar-refractivity contribution in [3.05, 3.63) is 16.1 Å². The fourth-order valence-corrected chi connectivity index (χ4v) is 1.16. The fraction of sp³-hybridized carbons (Fsp3) is 0. The number of hydrogen-bond donors (Lipinski definition) is 2. The summed E-state index contributed by atoms with van der Waals surface area (Å²) in [5, 5.41) is 1.49. The molecule has 58 valence electrons. The first-order chi connectivity index (χ1) is 5.11. The zero-order valence-electron chi connectivity index (χ0n) is 5.40. The second-order valence-electron chi connectivity index (χ2n) is 1.77. The molecule has 0 saturated heterocycles. The van der Waals surface area contributed by atoms with Crippen LogP contribution < -0.4 is 11.5 Å². The smallest absolute Gasteiger partial charge is 0.277 e. The Morgan fingerprint density at radius 2 is 2.00 bits per heavy atom. The summed E-state index contributed by atoms with van der Waals surface area (Å²) in [4.78, 5) is 24.5. The minimum atomic E-state index is -0.659. The van der Waals surface area contributed by atoms with Crippen molar-refractivity contribution in [3.8, 4) is 0 Å². The van der Waals surface area contributed by atoms with Gasteiger partial charge in [-0.05, 0) is 0 Å². The van der Waals surface area contributed by atoms with Crippen LogP contribution in [0.5, 0.6) is 0 Å². The molecular weight excluding hydrogens is 166 g/mol. The minimum Gasteiger partial charge on any atom is -0.364 e. The highest BCUT2D eigenvalue weighted by molar-refractivity contribution is 7.11. The highest BCUT2D eigenvalue weighted by Crippen LogP contribution is 2.07. The molecule has 6 heteroatoms. The topological polar surface area (TPSA) is 99.1 Å². The van der Waals surface area contributed by atoms with Gasteiger partial charge in [0.1, 0.15) is 5.69 Å². The Bertz CT molecular complexity index is 278. The maximum atomic E-state index is 10.5. The molecule has 0 aromatic carbocycles. The summed E-state index contributed by atoms with van der Waals surface area (Å²) in [6.07, 6.45) is 0. The second-order valence-corrected chi connectivity index (χ2v) is 2.62. The van der Waals surface area contributed by atoms with E-state index >= 15 is 0 Å². The van der Waals surface area contributed by atoms with E-state index in [9.17, 15) is 9.59 Å². The van der Waals surface area contributed by atoms with Gasteiger partial charge in [0.05, 0.1) is 0 Å². The number of carbonyl (C=O) groups is 2. The average molecular weight is 171 g/mol. The molecule has 0 aliphatic rings. The van der Waals surface area contributed by atoms with Gasteiger partial charge in [0.2, 0.25) is 0 Å². The highest BCUT2D eigenvalue weighted by atomic mass is 32.1. The summed E-state index contributed by atoms with van der Waals surface area (Å²) < 4.78 is 0. The van der Waals surface area contributed by atoms with Gasteiger partial charge < -0.3 is 11.5 Å². The summed E-state index contributed by atoms with van der Waals surface area (Å²) in [5.74, 6) is -1.31. The third kappa shape index (κ3) is 1.53. The largest absolute Gasteiger partial charge is 0.364 e. The van der Waals surface area contributed by atoms with Gasteiger partial charge in [-0.15, -0.1) is 11.3 Å². The zero-order chi connectivity index (χ0) is 8.43. The molecule has 0 aliphatic heterocycles. The number of hydrogen-bond acceptors (Lipinski definition) is 4. The van der Waals surface area contributed by atoms with Gasteiger partial charge in [-0.3, -0.25) is 9.59 Å². The van der Waals surface area contributed by atoms with Gasteiger partial charge in [0.25, 0.3) is 11.8 Å². The van der Waals surface area contributed by atoms with Crippen LogP contribution in [0.15, 0.2) is 5.38 Å². The Morgan fingerprint density at radius 1 is 1.36 bits per heavy atom. The third-order valence-electron chi connectivity index (χ3n) is 0.967. The van der Waals surface area contributed by atoms with Crippen LogP contribution in [0.1, 0.15) is 20.3 Å². The summed E-state index contributed by atoms with van der Waals surface area (Å²) in [5.41, 5.74) is 9.84. The molecule has 0 aliphatic carbocycles. The van der Waals surface area contributed by atoms with Crippen molar-refractivity contribution < 1.29 is 9.59 Å². The molecule has 4 N–H and O–H groups in total. The number of aromatic nitrogens is 1. The first-order valence-corrected chi connectivity index (χ1v) is 3.54. The molecule has 0 spiro atoms. The molecule has 5 nitrogen and oxygen atoms in total. The highest BCUT2D eigenvalue weighted by Gasteiger charge is 2.09. The van der Waals surface area contributed by atoms with Gasteiger partial charge in [0, 0.05) is 5.38 Å². The number of thiazole rings is 1. The summed E-state index contributed by atoms with van der Waals surface area (Å²) in [6, 6.07) is 0. The number of carbonyl (C=O) groups excluding carboxylic acids is 2. The van der Waals surface area contributed by atoms with Crippen molar-refractivity contribution in [2.75, 3.05) is 0 Å². The number of amides is 2. The van der Waals surface area contributed by atoms with E-state index in [1.165, 1.54) is 5.38 Å². The van der Waals surface area contributed by atoms with E-state index in [1.807, 2.05) is 0 Å². The molecule has 1 aromatic rings. The lowest BCUT2D eigenvalue weighted by Crippen LogP contribution is -2.14. The van der Waals surface area contributed by atoms with Gasteiger partial charge in [-0.25, -0.2) is 4.98 Å². The first-order valence-electron chi connectivity index (χ1n) is 2.66. The van der Waals surface area contributed by atoms with E-state index < -0.39 is 11.8 Å². The van der Waals surface area contributed by atoms with Crippen LogP contribution in [0.4, 0.5) is 0 Å². The van der Waals surface area contributed by atoms with Crippen molar-refractivity contribution in [2.24, 2.45) is 11.5 Å². The van der Waals surface area contributed by atoms with Crippen LogP contribution in [0, 0.1) is 0 Å². The Labute approximate surface area is 66.0 Å². The summed E-state index contributed by atoms with van der Waals surface area (Å²) >= 11 is 0.999. The molecule has 1 aromatic heterocycles. The van der Waals surface area contributed by atoms with Crippen molar-refractivity contribution >= 4 is 23.2 Å². The summed E-state index contributed by atoms with van der Waals surface area (Å²) in [7, 11) is 0. The van der Waals surface area contributed by atoms with Crippen molar-refractivity contribution in [2.45, 2.75) is 0 Å². The molecule has 0 bridgehead atoms. The number of rotatable bonds is 2. The predicted molar refractivity (Wildman–Crippen MR) is 39.1 cm³/mol. The van der Waals surface area contributed by atoms with Crippen LogP contribution in [0.2, 0.25) is 0 Å². The minimum absolute atomic E-state index is 0.0730. The molecule has 0 atom stereocenters. The molecule has 11 heavy (non-hydrogen) atoms. The van der Waals surface area contributed by atoms with Crippen molar-refractivity contribution in [1.82, 2.24) is 4.98 Å². The molecule has 0 unspecified atom stereocenters. The lowest BCUT2D eigenvalue weighted by molar-refractivity contribution is 0.0996. The predicted octanol–water partition coefficient (Wildman–Crippen LogP) is -0.659. The molecule has 0 saturated carbocycles. The fourth-order valence-electron chi connectivity index (χ4n) is 0.500. The average Bonchev–Trinajstić information content (AvgIpc) is 2.33.